The van der Waals surface area contributed by atoms with Crippen molar-refractivity contribution in [3.8, 4) is 22.9 Å². The molecule has 1 aliphatic rings. The third kappa shape index (κ3) is 3.90. The lowest BCUT2D eigenvalue weighted by molar-refractivity contribution is -0.116. The zero-order valence-electron chi connectivity index (χ0n) is 16.2. The molecular weight excluding hydrogens is 390 g/mol. The van der Waals surface area contributed by atoms with Crippen molar-refractivity contribution in [2.45, 2.75) is 13.5 Å². The van der Waals surface area contributed by atoms with Crippen LogP contribution in [0.1, 0.15) is 6.92 Å². The third-order valence-corrected chi connectivity index (χ3v) is 4.45. The van der Waals surface area contributed by atoms with E-state index in [1.54, 1.807) is 42.5 Å². The van der Waals surface area contributed by atoms with Gasteiger partial charge in [0.15, 0.2) is 11.5 Å². The standard InChI is InChI=1S/C21H19N3O6/c1-2-28-16-6-4-15(5-7-16)24-10-9-23(20(26)21(24)27)12-19(25)22-14-3-8-17-18(11-14)30-13-29-17/h3-11H,2,12-13H2,1H3,(H,22,25). The van der Waals surface area contributed by atoms with Gasteiger partial charge in [0, 0.05) is 29.8 Å². The van der Waals surface area contributed by atoms with E-state index >= 15 is 0 Å². The quantitative estimate of drug-likeness (QED) is 0.623. The van der Waals surface area contributed by atoms with Crippen LogP contribution in [0.25, 0.3) is 5.69 Å². The Balaban J connectivity index is 1.50. The molecule has 2 heterocycles. The zero-order valence-corrected chi connectivity index (χ0v) is 16.2. The fourth-order valence-corrected chi connectivity index (χ4v) is 3.04. The lowest BCUT2D eigenvalue weighted by atomic mass is 10.2. The first-order valence-electron chi connectivity index (χ1n) is 9.30. The van der Waals surface area contributed by atoms with E-state index in [1.807, 2.05) is 6.92 Å². The van der Waals surface area contributed by atoms with E-state index in [-0.39, 0.29) is 13.3 Å². The van der Waals surface area contributed by atoms with Gasteiger partial charge in [0.25, 0.3) is 0 Å². The molecule has 0 radical (unpaired) electrons. The number of carbonyl (C=O) groups is 1. The molecule has 1 aliphatic heterocycles. The number of aromatic nitrogens is 2. The maximum atomic E-state index is 12.5. The van der Waals surface area contributed by atoms with Crippen LogP contribution in [0.4, 0.5) is 5.69 Å². The van der Waals surface area contributed by atoms with Crippen molar-refractivity contribution in [3.63, 3.8) is 0 Å². The number of amides is 1. The van der Waals surface area contributed by atoms with Crippen molar-refractivity contribution in [1.82, 2.24) is 9.13 Å². The molecule has 0 aliphatic carbocycles. The Bertz CT molecular complexity index is 1200. The van der Waals surface area contributed by atoms with Crippen LogP contribution in [0, 0.1) is 0 Å². The van der Waals surface area contributed by atoms with Crippen molar-refractivity contribution < 1.29 is 19.0 Å². The summed E-state index contributed by atoms with van der Waals surface area (Å²) >= 11 is 0. The molecule has 0 atom stereocenters. The summed E-state index contributed by atoms with van der Waals surface area (Å²) in [5.41, 5.74) is -0.526. The molecule has 4 rings (SSSR count). The number of hydrogen-bond donors (Lipinski definition) is 1. The Kier molecular flexibility index (Phi) is 5.25. The molecule has 1 N–H and O–H groups in total. The van der Waals surface area contributed by atoms with Gasteiger partial charge in [0.05, 0.1) is 6.61 Å². The molecule has 3 aromatic rings. The zero-order chi connectivity index (χ0) is 21.1. The topological polar surface area (TPSA) is 101 Å². The first-order chi connectivity index (χ1) is 14.5. The molecule has 2 aromatic carbocycles. The molecule has 0 saturated carbocycles. The number of benzene rings is 2. The molecule has 1 amide bonds. The van der Waals surface area contributed by atoms with Gasteiger partial charge < -0.3 is 19.5 Å². The van der Waals surface area contributed by atoms with E-state index in [4.69, 9.17) is 14.2 Å². The van der Waals surface area contributed by atoms with E-state index < -0.39 is 17.0 Å². The highest BCUT2D eigenvalue weighted by atomic mass is 16.7. The van der Waals surface area contributed by atoms with Gasteiger partial charge in [0.2, 0.25) is 12.7 Å². The van der Waals surface area contributed by atoms with Gasteiger partial charge in [-0.05, 0) is 43.3 Å². The lowest BCUT2D eigenvalue weighted by Crippen LogP contribution is -2.41. The van der Waals surface area contributed by atoms with Crippen molar-refractivity contribution >= 4 is 11.6 Å². The number of carbonyl (C=O) groups excluding carboxylic acids is 1. The van der Waals surface area contributed by atoms with Crippen LogP contribution >= 0.6 is 0 Å². The maximum Gasteiger partial charge on any atom is 0.320 e. The second kappa shape index (κ2) is 8.16. The summed E-state index contributed by atoms with van der Waals surface area (Å²) in [5, 5.41) is 2.67. The first-order valence-corrected chi connectivity index (χ1v) is 9.30. The fraction of sp³-hybridized carbons (Fsp3) is 0.190. The molecule has 0 fully saturated rings. The first kappa shape index (κ1) is 19.3. The van der Waals surface area contributed by atoms with Crippen LogP contribution in [-0.4, -0.2) is 28.4 Å². The van der Waals surface area contributed by atoms with Crippen molar-refractivity contribution in [2.75, 3.05) is 18.7 Å². The Labute approximate surface area is 171 Å². The van der Waals surface area contributed by atoms with E-state index in [9.17, 15) is 14.4 Å². The molecule has 1 aromatic heterocycles. The number of fused-ring (bicyclic) bond motifs is 1. The van der Waals surface area contributed by atoms with E-state index in [0.29, 0.717) is 35.2 Å². The Morgan fingerprint density at radius 1 is 1.03 bits per heavy atom. The highest BCUT2D eigenvalue weighted by Crippen LogP contribution is 2.34. The van der Waals surface area contributed by atoms with Gasteiger partial charge in [-0.2, -0.15) is 0 Å². The summed E-state index contributed by atoms with van der Waals surface area (Å²) in [6.07, 6.45) is 2.85. The predicted molar refractivity (Wildman–Crippen MR) is 109 cm³/mol. The summed E-state index contributed by atoms with van der Waals surface area (Å²) in [6.45, 7) is 2.24. The molecule has 0 spiro atoms. The fourth-order valence-electron chi connectivity index (χ4n) is 3.04. The van der Waals surface area contributed by atoms with Gasteiger partial charge in [-0.3, -0.25) is 23.5 Å². The molecular formula is C21H19N3O6. The summed E-state index contributed by atoms with van der Waals surface area (Å²) in [6, 6.07) is 11.8. The van der Waals surface area contributed by atoms with Gasteiger partial charge in [0.1, 0.15) is 12.3 Å². The highest BCUT2D eigenvalue weighted by Gasteiger charge is 2.15. The van der Waals surface area contributed by atoms with Crippen molar-refractivity contribution in [2.24, 2.45) is 0 Å². The minimum atomic E-state index is -0.799. The number of nitrogens with one attached hydrogen (secondary N) is 1. The maximum absolute atomic E-state index is 12.5. The summed E-state index contributed by atoms with van der Waals surface area (Å²) in [7, 11) is 0. The molecule has 9 heteroatoms. The third-order valence-electron chi connectivity index (χ3n) is 4.45. The van der Waals surface area contributed by atoms with Gasteiger partial charge in [-0.25, -0.2) is 0 Å². The SMILES string of the molecule is CCOc1ccc(-n2ccn(CC(=O)Nc3ccc4c(c3)OCO4)c(=O)c2=O)cc1. The van der Waals surface area contributed by atoms with E-state index in [2.05, 4.69) is 5.32 Å². The normalized spacial score (nSPS) is 11.9. The summed E-state index contributed by atoms with van der Waals surface area (Å²) in [5.74, 6) is 1.35. The van der Waals surface area contributed by atoms with Crippen LogP contribution in [-0.2, 0) is 11.3 Å². The molecule has 9 nitrogen and oxygen atoms in total. The average Bonchev–Trinajstić information content (AvgIpc) is 3.20. The van der Waals surface area contributed by atoms with E-state index in [0.717, 1.165) is 4.57 Å². The van der Waals surface area contributed by atoms with Crippen molar-refractivity contribution in [3.05, 3.63) is 75.6 Å². The second-order valence-electron chi connectivity index (χ2n) is 6.45. The predicted octanol–water partition coefficient (Wildman–Crippen LogP) is 1.77. The minimum absolute atomic E-state index is 0.132. The summed E-state index contributed by atoms with van der Waals surface area (Å²) in [4.78, 5) is 37.3. The monoisotopic (exact) mass is 409 g/mol. The number of nitrogens with zero attached hydrogens (tertiary/aromatic N) is 2. The van der Waals surface area contributed by atoms with Crippen LogP contribution in [0.15, 0.2) is 64.4 Å². The lowest BCUT2D eigenvalue weighted by Gasteiger charge is -2.10. The van der Waals surface area contributed by atoms with Gasteiger partial charge in [-0.1, -0.05) is 0 Å². The van der Waals surface area contributed by atoms with Crippen LogP contribution in [0.5, 0.6) is 17.2 Å². The van der Waals surface area contributed by atoms with Crippen LogP contribution < -0.4 is 30.6 Å². The number of ether oxygens (including phenoxy) is 3. The Morgan fingerprint density at radius 2 is 1.80 bits per heavy atom. The number of hydrogen-bond acceptors (Lipinski definition) is 6. The Hall–Kier alpha value is -4.01. The van der Waals surface area contributed by atoms with Crippen molar-refractivity contribution in [1.29, 1.82) is 0 Å². The number of rotatable bonds is 6. The minimum Gasteiger partial charge on any atom is -0.494 e. The van der Waals surface area contributed by atoms with E-state index in [1.165, 1.54) is 17.0 Å². The molecule has 0 bridgehead atoms. The second-order valence-corrected chi connectivity index (χ2v) is 6.45. The molecule has 0 unspecified atom stereocenters. The average molecular weight is 409 g/mol. The summed E-state index contributed by atoms with van der Waals surface area (Å²) < 4.78 is 18.2. The Morgan fingerprint density at radius 3 is 2.57 bits per heavy atom. The van der Waals surface area contributed by atoms with Crippen LogP contribution in [0.3, 0.4) is 0 Å². The largest absolute Gasteiger partial charge is 0.494 e. The molecule has 0 saturated heterocycles. The van der Waals surface area contributed by atoms with Crippen LogP contribution in [0.2, 0.25) is 0 Å². The molecule has 30 heavy (non-hydrogen) atoms. The smallest absolute Gasteiger partial charge is 0.320 e. The number of anilines is 1. The van der Waals surface area contributed by atoms with Gasteiger partial charge in [-0.15, -0.1) is 0 Å². The highest BCUT2D eigenvalue weighted by molar-refractivity contribution is 5.91. The molecule has 154 valence electrons. The van der Waals surface area contributed by atoms with Gasteiger partial charge >= 0.3 is 11.1 Å².